The Morgan fingerprint density at radius 1 is 1.20 bits per heavy atom. The SMILES string of the molecule is CCC(CCOc1ccc(C)c(CNC(=O)[C@H](C)NC(=O)CCC(=O)O)c1)CNC. The van der Waals surface area contributed by atoms with E-state index in [0.29, 0.717) is 19.1 Å². The monoisotopic (exact) mass is 421 g/mol. The maximum Gasteiger partial charge on any atom is 0.303 e. The summed E-state index contributed by atoms with van der Waals surface area (Å²) in [6.07, 6.45) is 1.65. The van der Waals surface area contributed by atoms with Gasteiger partial charge < -0.3 is 25.8 Å². The maximum absolute atomic E-state index is 12.2. The number of carbonyl (C=O) groups is 3. The van der Waals surface area contributed by atoms with Crippen molar-refractivity contribution in [3.63, 3.8) is 0 Å². The van der Waals surface area contributed by atoms with E-state index in [1.165, 1.54) is 0 Å². The second-order valence-corrected chi connectivity index (χ2v) is 7.46. The second kappa shape index (κ2) is 13.6. The fourth-order valence-corrected chi connectivity index (χ4v) is 2.95. The van der Waals surface area contributed by atoms with Crippen LogP contribution >= 0.6 is 0 Å². The Kier molecular flexibility index (Phi) is 11.5. The molecule has 0 saturated carbocycles. The zero-order chi connectivity index (χ0) is 22.5. The quantitative estimate of drug-likeness (QED) is 0.365. The molecule has 0 radical (unpaired) electrons. The van der Waals surface area contributed by atoms with E-state index in [0.717, 1.165) is 36.3 Å². The van der Waals surface area contributed by atoms with E-state index < -0.39 is 17.9 Å². The molecule has 0 aliphatic rings. The first-order valence-electron chi connectivity index (χ1n) is 10.4. The highest BCUT2D eigenvalue weighted by Gasteiger charge is 2.16. The molecule has 1 aromatic carbocycles. The van der Waals surface area contributed by atoms with Gasteiger partial charge in [-0.15, -0.1) is 0 Å². The number of hydrogen-bond donors (Lipinski definition) is 4. The van der Waals surface area contributed by atoms with Crippen LogP contribution in [0.1, 0.15) is 50.7 Å². The molecular formula is C22H35N3O5. The highest BCUT2D eigenvalue weighted by Crippen LogP contribution is 2.18. The number of aryl methyl sites for hydroxylation is 1. The van der Waals surface area contributed by atoms with Gasteiger partial charge in [0.25, 0.3) is 0 Å². The number of carbonyl (C=O) groups excluding carboxylic acids is 2. The maximum atomic E-state index is 12.2. The van der Waals surface area contributed by atoms with Gasteiger partial charge in [-0.2, -0.15) is 0 Å². The van der Waals surface area contributed by atoms with Crippen molar-refractivity contribution in [2.75, 3.05) is 20.2 Å². The lowest BCUT2D eigenvalue weighted by Crippen LogP contribution is -2.44. The summed E-state index contributed by atoms with van der Waals surface area (Å²) in [6, 6.07) is 5.05. The van der Waals surface area contributed by atoms with E-state index >= 15 is 0 Å². The van der Waals surface area contributed by atoms with E-state index in [1.807, 2.05) is 32.2 Å². The highest BCUT2D eigenvalue weighted by molar-refractivity contribution is 5.88. The lowest BCUT2D eigenvalue weighted by atomic mass is 10.0. The van der Waals surface area contributed by atoms with Crippen LogP contribution in [0.25, 0.3) is 0 Å². The molecule has 0 fully saturated rings. The lowest BCUT2D eigenvalue weighted by molar-refractivity contribution is -0.139. The topological polar surface area (TPSA) is 117 Å². The van der Waals surface area contributed by atoms with Gasteiger partial charge in [-0.05, 0) is 63.0 Å². The van der Waals surface area contributed by atoms with Crippen molar-refractivity contribution in [1.29, 1.82) is 0 Å². The molecule has 0 aliphatic carbocycles. The summed E-state index contributed by atoms with van der Waals surface area (Å²) in [5.74, 6) is -0.504. The predicted octanol–water partition coefficient (Wildman–Crippen LogP) is 2.00. The normalized spacial score (nSPS) is 12.7. The minimum Gasteiger partial charge on any atom is -0.494 e. The first-order valence-corrected chi connectivity index (χ1v) is 10.4. The molecule has 8 heteroatoms. The molecule has 0 bridgehead atoms. The van der Waals surface area contributed by atoms with Gasteiger partial charge in [-0.1, -0.05) is 19.4 Å². The summed E-state index contributed by atoms with van der Waals surface area (Å²) >= 11 is 0. The third-order valence-electron chi connectivity index (χ3n) is 4.98. The third kappa shape index (κ3) is 9.73. The molecule has 1 aromatic rings. The van der Waals surface area contributed by atoms with Crippen molar-refractivity contribution in [1.82, 2.24) is 16.0 Å². The number of carboxylic acid groups (broad SMARTS) is 1. The van der Waals surface area contributed by atoms with Gasteiger partial charge in [-0.3, -0.25) is 14.4 Å². The van der Waals surface area contributed by atoms with Gasteiger partial charge in [0.15, 0.2) is 0 Å². The number of benzene rings is 1. The highest BCUT2D eigenvalue weighted by atomic mass is 16.5. The number of ether oxygens (including phenoxy) is 1. The van der Waals surface area contributed by atoms with E-state index in [4.69, 9.17) is 9.84 Å². The van der Waals surface area contributed by atoms with Crippen molar-refractivity contribution in [3.05, 3.63) is 29.3 Å². The smallest absolute Gasteiger partial charge is 0.303 e. The molecule has 1 unspecified atom stereocenters. The van der Waals surface area contributed by atoms with Crippen LogP contribution < -0.4 is 20.7 Å². The van der Waals surface area contributed by atoms with E-state index in [1.54, 1.807) is 6.92 Å². The number of nitrogens with one attached hydrogen (secondary N) is 3. The summed E-state index contributed by atoms with van der Waals surface area (Å²) in [5, 5.41) is 17.1. The molecule has 2 atom stereocenters. The zero-order valence-corrected chi connectivity index (χ0v) is 18.4. The Bertz CT molecular complexity index is 708. The Morgan fingerprint density at radius 2 is 1.93 bits per heavy atom. The lowest BCUT2D eigenvalue weighted by Gasteiger charge is -2.17. The molecule has 0 spiro atoms. The molecular weight excluding hydrogens is 386 g/mol. The Balaban J connectivity index is 2.52. The summed E-state index contributed by atoms with van der Waals surface area (Å²) in [6.45, 7) is 7.61. The Hall–Kier alpha value is -2.61. The van der Waals surface area contributed by atoms with E-state index in [2.05, 4.69) is 22.9 Å². The number of hydrogen-bond acceptors (Lipinski definition) is 5. The number of aliphatic carboxylic acids is 1. The third-order valence-corrected chi connectivity index (χ3v) is 4.98. The zero-order valence-electron chi connectivity index (χ0n) is 18.4. The summed E-state index contributed by atoms with van der Waals surface area (Å²) in [4.78, 5) is 34.4. The van der Waals surface area contributed by atoms with Gasteiger partial charge in [0.05, 0.1) is 13.0 Å². The second-order valence-electron chi connectivity index (χ2n) is 7.46. The largest absolute Gasteiger partial charge is 0.494 e. The molecule has 8 nitrogen and oxygen atoms in total. The Labute approximate surface area is 178 Å². The van der Waals surface area contributed by atoms with Gasteiger partial charge in [-0.25, -0.2) is 0 Å². The number of amides is 2. The van der Waals surface area contributed by atoms with Crippen molar-refractivity contribution in [2.24, 2.45) is 5.92 Å². The van der Waals surface area contributed by atoms with E-state index in [9.17, 15) is 14.4 Å². The minimum atomic E-state index is -1.05. The van der Waals surface area contributed by atoms with Gasteiger partial charge in [0, 0.05) is 13.0 Å². The van der Waals surface area contributed by atoms with Crippen molar-refractivity contribution in [2.45, 2.75) is 59.0 Å². The fourth-order valence-electron chi connectivity index (χ4n) is 2.95. The molecule has 0 saturated heterocycles. The average molecular weight is 422 g/mol. The molecule has 4 N–H and O–H groups in total. The standard InChI is InChI=1S/C22H35N3O5/c1-5-17(13-23-4)10-11-30-19-7-6-15(2)18(12-19)14-24-22(29)16(3)25-20(26)8-9-21(27)28/h6-7,12,16-17,23H,5,8-11,13-14H2,1-4H3,(H,24,29)(H,25,26)(H,27,28)/t16-,17?/m0/s1. The number of rotatable bonds is 14. The predicted molar refractivity (Wildman–Crippen MR) is 115 cm³/mol. The molecule has 168 valence electrons. The van der Waals surface area contributed by atoms with Gasteiger partial charge in [0.2, 0.25) is 11.8 Å². The molecule has 30 heavy (non-hydrogen) atoms. The van der Waals surface area contributed by atoms with Crippen LogP contribution in [0.15, 0.2) is 18.2 Å². The van der Waals surface area contributed by atoms with Gasteiger partial charge in [0.1, 0.15) is 11.8 Å². The number of carboxylic acids is 1. The molecule has 0 heterocycles. The van der Waals surface area contributed by atoms with Crippen molar-refractivity contribution < 1.29 is 24.2 Å². The van der Waals surface area contributed by atoms with Crippen molar-refractivity contribution in [3.8, 4) is 5.75 Å². The minimum absolute atomic E-state index is 0.154. The summed E-state index contributed by atoms with van der Waals surface area (Å²) < 4.78 is 5.89. The van der Waals surface area contributed by atoms with E-state index in [-0.39, 0.29) is 18.7 Å². The molecule has 0 aromatic heterocycles. The van der Waals surface area contributed by atoms with Crippen LogP contribution in [0.2, 0.25) is 0 Å². The van der Waals surface area contributed by atoms with Crippen LogP contribution in [0, 0.1) is 12.8 Å². The van der Waals surface area contributed by atoms with Gasteiger partial charge >= 0.3 is 5.97 Å². The van der Waals surface area contributed by atoms with Crippen LogP contribution in [0.3, 0.4) is 0 Å². The molecule has 0 aliphatic heterocycles. The fraction of sp³-hybridized carbons (Fsp3) is 0.591. The first kappa shape index (κ1) is 25.4. The van der Waals surface area contributed by atoms with Crippen LogP contribution in [0.4, 0.5) is 0 Å². The van der Waals surface area contributed by atoms with Crippen LogP contribution in [-0.4, -0.2) is 49.1 Å². The first-order chi connectivity index (χ1) is 14.3. The Morgan fingerprint density at radius 3 is 2.57 bits per heavy atom. The van der Waals surface area contributed by atoms with Crippen LogP contribution in [-0.2, 0) is 20.9 Å². The summed E-state index contributed by atoms with van der Waals surface area (Å²) in [5.41, 5.74) is 1.97. The van der Waals surface area contributed by atoms with Crippen LogP contribution in [0.5, 0.6) is 5.75 Å². The summed E-state index contributed by atoms with van der Waals surface area (Å²) in [7, 11) is 1.95. The molecule has 1 rings (SSSR count). The van der Waals surface area contributed by atoms with Crippen molar-refractivity contribution >= 4 is 17.8 Å². The average Bonchev–Trinajstić information content (AvgIpc) is 2.71. The molecule has 2 amide bonds.